The third-order valence-corrected chi connectivity index (χ3v) is 2.52. The van der Waals surface area contributed by atoms with Crippen LogP contribution < -0.4 is 4.74 Å². The van der Waals surface area contributed by atoms with E-state index >= 15 is 0 Å². The van der Waals surface area contributed by atoms with Crippen molar-refractivity contribution in [2.45, 2.75) is 6.92 Å². The van der Waals surface area contributed by atoms with Crippen molar-refractivity contribution in [3.8, 4) is 5.75 Å². The minimum absolute atomic E-state index is 0.187. The highest BCUT2D eigenvalue weighted by atomic mass is 35.5. The summed E-state index contributed by atoms with van der Waals surface area (Å²) < 4.78 is 4.62. The maximum Gasteiger partial charge on any atom is 0.511 e. The van der Waals surface area contributed by atoms with E-state index in [9.17, 15) is 4.79 Å². The van der Waals surface area contributed by atoms with Crippen molar-refractivity contribution in [1.29, 1.82) is 0 Å². The molecule has 2 rings (SSSR count). The van der Waals surface area contributed by atoms with E-state index in [1.54, 1.807) is 6.07 Å². The number of hydrogen-bond acceptors (Lipinski definition) is 3. The minimum Gasteiger partial charge on any atom is -0.449 e. The zero-order valence-corrected chi connectivity index (χ0v) is 9.15. The summed E-state index contributed by atoms with van der Waals surface area (Å²) in [7, 11) is 0. The van der Waals surface area contributed by atoms with Crippen LogP contribution in [0.15, 0.2) is 24.3 Å². The Hall–Kier alpha value is -1.81. The van der Waals surface area contributed by atoms with Crippen LogP contribution in [-0.2, 0) is 0 Å². The molecule has 0 aliphatic carbocycles. The number of aryl methyl sites for hydroxylation is 1. The van der Waals surface area contributed by atoms with Crippen molar-refractivity contribution >= 4 is 28.7 Å². The summed E-state index contributed by atoms with van der Waals surface area (Å²) in [6.07, 6.45) is -1.37. The first-order valence-electron chi connectivity index (χ1n) is 4.54. The van der Waals surface area contributed by atoms with Crippen LogP contribution >= 0.6 is 11.6 Å². The molecule has 2 aromatic rings. The first kappa shape index (κ1) is 10.7. The number of aromatic nitrogens is 1. The van der Waals surface area contributed by atoms with Gasteiger partial charge in [0.25, 0.3) is 0 Å². The van der Waals surface area contributed by atoms with Gasteiger partial charge in [-0.2, -0.15) is 0 Å². The molecular formula is C11H8ClNO3. The summed E-state index contributed by atoms with van der Waals surface area (Å²) in [6, 6.07) is 6.89. The van der Waals surface area contributed by atoms with Crippen molar-refractivity contribution in [3.05, 3.63) is 35.0 Å². The highest BCUT2D eigenvalue weighted by Crippen LogP contribution is 2.27. The number of carbonyl (C=O) groups is 1. The number of para-hydroxylation sites is 1. The topological polar surface area (TPSA) is 59.4 Å². The number of fused-ring (bicyclic) bond motifs is 1. The second kappa shape index (κ2) is 3.98. The predicted octanol–water partition coefficient (Wildman–Crippen LogP) is 3.25. The zero-order chi connectivity index (χ0) is 11.7. The van der Waals surface area contributed by atoms with Crippen molar-refractivity contribution in [2.75, 3.05) is 0 Å². The lowest BCUT2D eigenvalue weighted by Gasteiger charge is -2.05. The quantitative estimate of drug-likeness (QED) is 0.470. The molecule has 1 aromatic carbocycles. The number of ether oxygens (including phenoxy) is 1. The average molecular weight is 238 g/mol. The van der Waals surface area contributed by atoms with Crippen LogP contribution in [0.4, 0.5) is 4.79 Å². The lowest BCUT2D eigenvalue weighted by molar-refractivity contribution is 0.145. The Morgan fingerprint density at radius 2 is 2.25 bits per heavy atom. The summed E-state index contributed by atoms with van der Waals surface area (Å²) in [6.45, 7) is 1.83. The Morgan fingerprint density at radius 3 is 2.94 bits per heavy atom. The van der Waals surface area contributed by atoms with Gasteiger partial charge < -0.3 is 9.84 Å². The number of rotatable bonds is 1. The van der Waals surface area contributed by atoms with E-state index < -0.39 is 6.16 Å². The second-order valence-electron chi connectivity index (χ2n) is 3.29. The molecule has 0 saturated heterocycles. The van der Waals surface area contributed by atoms with Crippen molar-refractivity contribution in [3.63, 3.8) is 0 Å². The van der Waals surface area contributed by atoms with E-state index in [0.29, 0.717) is 10.7 Å². The maximum atomic E-state index is 10.5. The Kier molecular flexibility index (Phi) is 2.66. The predicted molar refractivity (Wildman–Crippen MR) is 60.1 cm³/mol. The Morgan fingerprint density at radius 1 is 1.50 bits per heavy atom. The summed E-state index contributed by atoms with van der Waals surface area (Å²) in [5.74, 6) is 0.187. The van der Waals surface area contributed by atoms with Gasteiger partial charge >= 0.3 is 6.16 Å². The molecule has 0 atom stereocenters. The Balaban J connectivity index is 2.67. The van der Waals surface area contributed by atoms with Crippen molar-refractivity contribution in [1.82, 2.24) is 4.98 Å². The SMILES string of the molecule is Cc1cc2cccc(OC(=O)O)c2nc1Cl. The van der Waals surface area contributed by atoms with E-state index in [1.807, 2.05) is 19.1 Å². The van der Waals surface area contributed by atoms with Gasteiger partial charge in [-0.15, -0.1) is 0 Å². The van der Waals surface area contributed by atoms with Gasteiger partial charge in [-0.25, -0.2) is 9.78 Å². The molecule has 0 spiro atoms. The molecule has 0 radical (unpaired) electrons. The van der Waals surface area contributed by atoms with E-state index in [-0.39, 0.29) is 5.75 Å². The normalized spacial score (nSPS) is 10.4. The van der Waals surface area contributed by atoms with Gasteiger partial charge in [0.15, 0.2) is 5.75 Å². The molecule has 0 unspecified atom stereocenters. The largest absolute Gasteiger partial charge is 0.511 e. The zero-order valence-electron chi connectivity index (χ0n) is 8.40. The minimum atomic E-state index is -1.37. The molecule has 1 aromatic heterocycles. The average Bonchev–Trinajstić information content (AvgIpc) is 2.20. The van der Waals surface area contributed by atoms with E-state index in [1.165, 1.54) is 6.07 Å². The van der Waals surface area contributed by atoms with Gasteiger partial charge in [0, 0.05) is 5.39 Å². The molecule has 4 nitrogen and oxygen atoms in total. The van der Waals surface area contributed by atoms with Gasteiger partial charge in [-0.3, -0.25) is 0 Å². The van der Waals surface area contributed by atoms with Crippen molar-refractivity contribution < 1.29 is 14.6 Å². The number of carboxylic acid groups (broad SMARTS) is 1. The van der Waals surface area contributed by atoms with E-state index in [0.717, 1.165) is 10.9 Å². The molecular weight excluding hydrogens is 230 g/mol. The fourth-order valence-corrected chi connectivity index (χ4v) is 1.57. The van der Waals surface area contributed by atoms with Crippen LogP contribution in [0.5, 0.6) is 5.75 Å². The molecule has 82 valence electrons. The highest BCUT2D eigenvalue weighted by molar-refractivity contribution is 6.30. The number of pyridine rings is 1. The van der Waals surface area contributed by atoms with Gasteiger partial charge in [-0.05, 0) is 24.6 Å². The number of benzene rings is 1. The van der Waals surface area contributed by atoms with Gasteiger partial charge in [-0.1, -0.05) is 23.7 Å². The fourth-order valence-electron chi connectivity index (χ4n) is 1.43. The van der Waals surface area contributed by atoms with Crippen LogP contribution in [0.2, 0.25) is 5.15 Å². The van der Waals surface area contributed by atoms with Crippen LogP contribution in [0, 0.1) is 6.92 Å². The molecule has 0 aliphatic heterocycles. The summed E-state index contributed by atoms with van der Waals surface area (Å²) in [5, 5.41) is 9.70. The van der Waals surface area contributed by atoms with Crippen LogP contribution in [-0.4, -0.2) is 16.2 Å². The number of halogens is 1. The first-order chi connectivity index (χ1) is 7.58. The molecule has 0 amide bonds. The number of nitrogens with zero attached hydrogens (tertiary/aromatic N) is 1. The molecule has 5 heteroatoms. The molecule has 0 aliphatic rings. The highest BCUT2D eigenvalue weighted by Gasteiger charge is 2.09. The lowest BCUT2D eigenvalue weighted by atomic mass is 10.1. The third kappa shape index (κ3) is 1.92. The first-order valence-corrected chi connectivity index (χ1v) is 4.92. The Labute approximate surface area is 96.4 Å². The summed E-state index contributed by atoms with van der Waals surface area (Å²) in [5.41, 5.74) is 1.28. The van der Waals surface area contributed by atoms with Crippen molar-refractivity contribution in [2.24, 2.45) is 0 Å². The molecule has 0 fully saturated rings. The molecule has 0 saturated carbocycles. The molecule has 1 heterocycles. The smallest absolute Gasteiger partial charge is 0.449 e. The molecule has 1 N–H and O–H groups in total. The summed E-state index contributed by atoms with van der Waals surface area (Å²) >= 11 is 5.88. The second-order valence-corrected chi connectivity index (χ2v) is 3.65. The van der Waals surface area contributed by atoms with Crippen LogP contribution in [0.1, 0.15) is 5.56 Å². The van der Waals surface area contributed by atoms with Gasteiger partial charge in [0.1, 0.15) is 10.7 Å². The monoisotopic (exact) mass is 237 g/mol. The van der Waals surface area contributed by atoms with E-state index in [4.69, 9.17) is 16.7 Å². The third-order valence-electron chi connectivity index (χ3n) is 2.13. The molecule has 16 heavy (non-hydrogen) atoms. The standard InChI is InChI=1S/C11H8ClNO3/c1-6-5-7-3-2-4-8(16-11(14)15)9(7)13-10(6)12/h2-5H,1H3,(H,14,15). The lowest BCUT2D eigenvalue weighted by Crippen LogP contribution is -2.03. The van der Waals surface area contributed by atoms with Gasteiger partial charge in [0.2, 0.25) is 0 Å². The van der Waals surface area contributed by atoms with Crippen LogP contribution in [0.25, 0.3) is 10.9 Å². The van der Waals surface area contributed by atoms with E-state index in [2.05, 4.69) is 9.72 Å². The fraction of sp³-hybridized carbons (Fsp3) is 0.0909. The maximum absolute atomic E-state index is 10.5. The van der Waals surface area contributed by atoms with Crippen LogP contribution in [0.3, 0.4) is 0 Å². The Bertz CT molecular complexity index is 568. The van der Waals surface area contributed by atoms with Gasteiger partial charge in [0.05, 0.1) is 0 Å². The molecule has 0 bridgehead atoms. The summed E-state index contributed by atoms with van der Waals surface area (Å²) in [4.78, 5) is 14.6. The number of hydrogen-bond donors (Lipinski definition) is 1.